The number of hydrogen-bond acceptors (Lipinski definition) is 6. The molecule has 0 radical (unpaired) electrons. The minimum atomic E-state index is 0.548. The van der Waals surface area contributed by atoms with Crippen LogP contribution in [0.4, 0.5) is 17.6 Å². The minimum absolute atomic E-state index is 0.548. The number of benzene rings is 2. The summed E-state index contributed by atoms with van der Waals surface area (Å²) in [5.74, 6) is 2.54. The van der Waals surface area contributed by atoms with Gasteiger partial charge in [-0.3, -0.25) is 0 Å². The number of nitrogens with one attached hydrogen (secondary N) is 2. The predicted octanol–water partition coefficient (Wildman–Crippen LogP) is 5.10. The van der Waals surface area contributed by atoms with Gasteiger partial charge in [0.25, 0.3) is 0 Å². The van der Waals surface area contributed by atoms with Gasteiger partial charge in [0.15, 0.2) is 5.82 Å². The fourth-order valence-corrected chi connectivity index (χ4v) is 2.89. The molecule has 2 heterocycles. The topological polar surface area (TPSA) is 75.9 Å². The van der Waals surface area contributed by atoms with Crippen LogP contribution in [-0.4, -0.2) is 15.1 Å². The Morgan fingerprint density at radius 3 is 2.39 bits per heavy atom. The van der Waals surface area contributed by atoms with E-state index in [-0.39, 0.29) is 0 Å². The van der Waals surface area contributed by atoms with E-state index >= 15 is 0 Å². The van der Waals surface area contributed by atoms with E-state index in [1.54, 1.807) is 0 Å². The highest BCUT2D eigenvalue weighted by Gasteiger charge is 2.09. The van der Waals surface area contributed by atoms with Gasteiger partial charge >= 0.3 is 0 Å². The molecule has 0 aliphatic carbocycles. The van der Waals surface area contributed by atoms with Gasteiger partial charge in [-0.25, -0.2) is 4.98 Å². The lowest BCUT2D eigenvalue weighted by molar-refractivity contribution is 0.400. The quantitative estimate of drug-likeness (QED) is 0.491. The van der Waals surface area contributed by atoms with Crippen molar-refractivity contribution >= 4 is 17.6 Å². The summed E-state index contributed by atoms with van der Waals surface area (Å²) in [5, 5.41) is 10.5. The summed E-state index contributed by atoms with van der Waals surface area (Å²) in [6.07, 6.45) is 0. The zero-order chi connectivity index (χ0) is 19.3. The van der Waals surface area contributed by atoms with Gasteiger partial charge < -0.3 is 15.2 Å². The molecule has 6 nitrogen and oxygen atoms in total. The summed E-state index contributed by atoms with van der Waals surface area (Å²) in [4.78, 5) is 9.28. The molecule has 0 fully saturated rings. The fourth-order valence-electron chi connectivity index (χ4n) is 2.89. The Morgan fingerprint density at radius 1 is 0.857 bits per heavy atom. The van der Waals surface area contributed by atoms with Crippen molar-refractivity contribution in [3.05, 3.63) is 83.6 Å². The largest absolute Gasteiger partial charge is 0.360 e. The van der Waals surface area contributed by atoms with Crippen LogP contribution in [0.5, 0.6) is 0 Å². The highest BCUT2D eigenvalue weighted by Crippen LogP contribution is 2.24. The zero-order valence-electron chi connectivity index (χ0n) is 15.8. The van der Waals surface area contributed by atoms with Crippen molar-refractivity contribution in [1.29, 1.82) is 0 Å². The first kappa shape index (κ1) is 17.7. The van der Waals surface area contributed by atoms with Gasteiger partial charge in [0.05, 0.1) is 5.69 Å². The van der Waals surface area contributed by atoms with Crippen molar-refractivity contribution in [1.82, 2.24) is 15.1 Å². The third-order valence-electron chi connectivity index (χ3n) is 4.38. The molecule has 0 saturated carbocycles. The molecule has 0 atom stereocenters. The first-order valence-electron chi connectivity index (χ1n) is 9.10. The molecule has 2 aromatic carbocycles. The summed E-state index contributed by atoms with van der Waals surface area (Å²) in [6.45, 7) is 4.59. The van der Waals surface area contributed by atoms with Gasteiger partial charge in [0.1, 0.15) is 11.6 Å². The van der Waals surface area contributed by atoms with Crippen LogP contribution in [0, 0.1) is 13.8 Å². The van der Waals surface area contributed by atoms with Crippen LogP contribution in [0.15, 0.2) is 71.3 Å². The van der Waals surface area contributed by atoms with Gasteiger partial charge in [0.2, 0.25) is 5.95 Å². The third-order valence-corrected chi connectivity index (χ3v) is 4.38. The second kappa shape index (κ2) is 7.92. The standard InChI is InChI=1S/C22H21N5O/c1-15-8-6-7-11-18(15)14-23-22-24-19(17-9-4-3-5-10-17)13-20(26-22)25-21-12-16(2)28-27-21/h3-13H,14H2,1-2H3,(H2,23,24,25,26,27). The second-order valence-corrected chi connectivity index (χ2v) is 6.56. The molecule has 140 valence electrons. The van der Waals surface area contributed by atoms with Crippen LogP contribution < -0.4 is 10.6 Å². The predicted molar refractivity (Wildman–Crippen MR) is 110 cm³/mol. The number of nitrogens with zero attached hydrogens (tertiary/aromatic N) is 3. The summed E-state index contributed by atoms with van der Waals surface area (Å²) in [6, 6.07) is 22.0. The number of aromatic nitrogens is 3. The van der Waals surface area contributed by atoms with Crippen molar-refractivity contribution in [2.45, 2.75) is 20.4 Å². The summed E-state index contributed by atoms with van der Waals surface area (Å²) in [5.41, 5.74) is 4.28. The van der Waals surface area contributed by atoms with Crippen LogP contribution in [-0.2, 0) is 6.54 Å². The van der Waals surface area contributed by atoms with E-state index in [9.17, 15) is 0 Å². The Labute approximate surface area is 163 Å². The number of hydrogen-bond donors (Lipinski definition) is 2. The van der Waals surface area contributed by atoms with Gasteiger partial charge in [-0.15, -0.1) is 0 Å². The van der Waals surface area contributed by atoms with Gasteiger partial charge in [-0.1, -0.05) is 59.8 Å². The highest BCUT2D eigenvalue weighted by atomic mass is 16.5. The van der Waals surface area contributed by atoms with Crippen molar-refractivity contribution in [3.63, 3.8) is 0 Å². The summed E-state index contributed by atoms with van der Waals surface area (Å²) >= 11 is 0. The molecule has 0 saturated heterocycles. The molecule has 0 unspecified atom stereocenters. The number of anilines is 3. The van der Waals surface area contributed by atoms with Gasteiger partial charge in [-0.2, -0.15) is 4.98 Å². The lowest BCUT2D eigenvalue weighted by Gasteiger charge is -2.11. The molecule has 0 aliphatic rings. The molecule has 0 aliphatic heterocycles. The maximum Gasteiger partial charge on any atom is 0.225 e. The van der Waals surface area contributed by atoms with E-state index in [0.717, 1.165) is 17.0 Å². The van der Waals surface area contributed by atoms with Crippen LogP contribution in [0.25, 0.3) is 11.3 Å². The minimum Gasteiger partial charge on any atom is -0.360 e. The molecule has 2 aromatic heterocycles. The van der Waals surface area contributed by atoms with E-state index in [0.29, 0.717) is 24.1 Å². The SMILES string of the molecule is Cc1cc(Nc2cc(-c3ccccc3)nc(NCc3ccccc3C)n2)no1. The van der Waals surface area contributed by atoms with Crippen LogP contribution in [0.2, 0.25) is 0 Å². The molecule has 6 heteroatoms. The van der Waals surface area contributed by atoms with Crippen LogP contribution in [0.3, 0.4) is 0 Å². The normalized spacial score (nSPS) is 10.6. The average molecular weight is 371 g/mol. The van der Waals surface area contributed by atoms with E-state index in [1.165, 1.54) is 11.1 Å². The molecule has 4 rings (SSSR count). The van der Waals surface area contributed by atoms with E-state index < -0.39 is 0 Å². The van der Waals surface area contributed by atoms with Crippen molar-refractivity contribution in [2.24, 2.45) is 0 Å². The van der Waals surface area contributed by atoms with Gasteiger partial charge in [-0.05, 0) is 25.0 Å². The highest BCUT2D eigenvalue weighted by molar-refractivity contribution is 5.66. The van der Waals surface area contributed by atoms with Crippen molar-refractivity contribution in [2.75, 3.05) is 10.6 Å². The van der Waals surface area contributed by atoms with E-state index in [1.807, 2.05) is 61.5 Å². The Bertz CT molecular complexity index is 1080. The smallest absolute Gasteiger partial charge is 0.225 e. The lowest BCUT2D eigenvalue weighted by atomic mass is 10.1. The summed E-state index contributed by atoms with van der Waals surface area (Å²) < 4.78 is 5.13. The van der Waals surface area contributed by atoms with E-state index in [2.05, 4.69) is 44.8 Å². The average Bonchev–Trinajstić information content (AvgIpc) is 3.12. The molecule has 0 bridgehead atoms. The van der Waals surface area contributed by atoms with Crippen molar-refractivity contribution < 1.29 is 4.52 Å². The van der Waals surface area contributed by atoms with Gasteiger partial charge in [0, 0.05) is 24.2 Å². The molecular weight excluding hydrogens is 350 g/mol. The Balaban J connectivity index is 1.64. The number of aryl methyl sites for hydroxylation is 2. The van der Waals surface area contributed by atoms with E-state index in [4.69, 9.17) is 4.52 Å². The second-order valence-electron chi connectivity index (χ2n) is 6.56. The zero-order valence-corrected chi connectivity index (χ0v) is 15.8. The monoisotopic (exact) mass is 371 g/mol. The molecular formula is C22H21N5O. The third kappa shape index (κ3) is 4.17. The maximum absolute atomic E-state index is 5.13. The molecule has 2 N–H and O–H groups in total. The molecule has 0 spiro atoms. The maximum atomic E-state index is 5.13. The molecule has 0 amide bonds. The Hall–Kier alpha value is -3.67. The van der Waals surface area contributed by atoms with Crippen molar-refractivity contribution in [3.8, 4) is 11.3 Å². The first-order valence-corrected chi connectivity index (χ1v) is 9.10. The Morgan fingerprint density at radius 2 is 1.64 bits per heavy atom. The fraction of sp³-hybridized carbons (Fsp3) is 0.136. The summed E-state index contributed by atoms with van der Waals surface area (Å²) in [7, 11) is 0. The lowest BCUT2D eigenvalue weighted by Crippen LogP contribution is -2.07. The Kier molecular flexibility index (Phi) is 5.01. The first-order chi connectivity index (χ1) is 13.7. The van der Waals surface area contributed by atoms with Crippen LogP contribution in [0.1, 0.15) is 16.9 Å². The molecule has 4 aromatic rings. The van der Waals surface area contributed by atoms with Crippen LogP contribution >= 0.6 is 0 Å². The number of rotatable bonds is 6. The molecule has 28 heavy (non-hydrogen) atoms.